The van der Waals surface area contributed by atoms with Gasteiger partial charge in [0.1, 0.15) is 0 Å². The summed E-state index contributed by atoms with van der Waals surface area (Å²) in [4.78, 5) is 2.44. The maximum Gasteiger partial charge on any atom is -0.00159 e. The van der Waals surface area contributed by atoms with Crippen LogP contribution in [-0.2, 0) is 0 Å². The van der Waals surface area contributed by atoms with Crippen LogP contribution in [0.25, 0.3) is 0 Å². The molecule has 0 spiro atoms. The molecular formula is C15H27N. The quantitative estimate of drug-likeness (QED) is 0.649. The summed E-state index contributed by atoms with van der Waals surface area (Å²) in [6.45, 7) is 8.83. The van der Waals surface area contributed by atoms with Crippen molar-refractivity contribution in [1.29, 1.82) is 0 Å². The van der Waals surface area contributed by atoms with Crippen molar-refractivity contribution < 1.29 is 0 Å². The topological polar surface area (TPSA) is 3.24 Å². The van der Waals surface area contributed by atoms with E-state index in [9.17, 15) is 0 Å². The van der Waals surface area contributed by atoms with E-state index >= 15 is 0 Å². The Morgan fingerprint density at radius 2 is 1.81 bits per heavy atom. The van der Waals surface area contributed by atoms with Crippen molar-refractivity contribution in [3.8, 4) is 0 Å². The summed E-state index contributed by atoms with van der Waals surface area (Å²) < 4.78 is 0. The maximum absolute atomic E-state index is 2.46. The molecule has 1 nitrogen and oxygen atoms in total. The summed E-state index contributed by atoms with van der Waals surface area (Å²) in [5.41, 5.74) is 1.61. The van der Waals surface area contributed by atoms with Gasteiger partial charge in [-0.15, -0.1) is 0 Å². The van der Waals surface area contributed by atoms with Gasteiger partial charge in [-0.25, -0.2) is 0 Å². The fourth-order valence-electron chi connectivity index (χ4n) is 2.39. The first kappa shape index (κ1) is 13.5. The highest BCUT2D eigenvalue weighted by Gasteiger charge is 2.19. The summed E-state index contributed by atoms with van der Waals surface area (Å²) in [5.74, 6) is 1.60. The Morgan fingerprint density at radius 3 is 2.31 bits per heavy atom. The van der Waals surface area contributed by atoms with Gasteiger partial charge in [0.05, 0.1) is 0 Å². The van der Waals surface area contributed by atoms with Crippen LogP contribution in [0.1, 0.15) is 40.0 Å². The van der Waals surface area contributed by atoms with E-state index in [1.165, 1.54) is 32.4 Å². The lowest BCUT2D eigenvalue weighted by atomic mass is 9.85. The van der Waals surface area contributed by atoms with Crippen LogP contribution < -0.4 is 0 Å². The molecule has 0 bridgehead atoms. The predicted octanol–water partition coefficient (Wildman–Crippen LogP) is 3.88. The molecule has 0 N–H and O–H groups in total. The highest BCUT2D eigenvalue weighted by Crippen LogP contribution is 2.28. The highest BCUT2D eigenvalue weighted by atomic mass is 15.1. The monoisotopic (exact) mass is 221 g/mol. The standard InChI is InChI=1S/C13H21N.C2H6/c1-11-3-5-12(6-4-11)13-7-9-14(2)10-8-13;1-2/h3,5-6,11,13H,4,7-10H2,1-2H3;1-2H3. The van der Waals surface area contributed by atoms with Crippen molar-refractivity contribution in [3.05, 3.63) is 23.8 Å². The Labute approximate surface area is 101 Å². The van der Waals surface area contributed by atoms with Crippen LogP contribution in [0.3, 0.4) is 0 Å². The van der Waals surface area contributed by atoms with Crippen LogP contribution in [0.4, 0.5) is 0 Å². The van der Waals surface area contributed by atoms with Crippen LogP contribution in [0.5, 0.6) is 0 Å². The number of piperidine rings is 1. The molecule has 1 fully saturated rings. The molecule has 0 saturated carbocycles. The first-order valence-electron chi connectivity index (χ1n) is 6.82. The second-order valence-corrected chi connectivity index (χ2v) is 4.85. The average Bonchev–Trinajstić information content (AvgIpc) is 2.34. The molecule has 1 atom stereocenters. The molecule has 1 heterocycles. The number of hydrogen-bond donors (Lipinski definition) is 0. The average molecular weight is 221 g/mol. The van der Waals surface area contributed by atoms with Crippen molar-refractivity contribution in [1.82, 2.24) is 4.90 Å². The van der Waals surface area contributed by atoms with Gasteiger partial charge < -0.3 is 4.90 Å². The Bertz CT molecular complexity index is 244. The van der Waals surface area contributed by atoms with Gasteiger partial charge >= 0.3 is 0 Å². The third kappa shape index (κ3) is 3.79. The van der Waals surface area contributed by atoms with E-state index in [-0.39, 0.29) is 0 Å². The highest BCUT2D eigenvalue weighted by molar-refractivity contribution is 5.26. The maximum atomic E-state index is 2.46. The molecule has 1 aliphatic heterocycles. The van der Waals surface area contributed by atoms with Crippen molar-refractivity contribution in [2.75, 3.05) is 20.1 Å². The fourth-order valence-corrected chi connectivity index (χ4v) is 2.39. The van der Waals surface area contributed by atoms with Crippen molar-refractivity contribution in [2.45, 2.75) is 40.0 Å². The lowest BCUT2D eigenvalue weighted by Gasteiger charge is -2.30. The number of hydrogen-bond acceptors (Lipinski definition) is 1. The first-order valence-corrected chi connectivity index (χ1v) is 6.82. The Kier molecular flexibility index (Phi) is 5.83. The molecule has 0 radical (unpaired) electrons. The molecule has 16 heavy (non-hydrogen) atoms. The van der Waals surface area contributed by atoms with Crippen molar-refractivity contribution in [2.24, 2.45) is 11.8 Å². The number of rotatable bonds is 1. The SMILES string of the molecule is CC.CC1C=CC(C2CCN(C)CC2)=CC1. The van der Waals surface area contributed by atoms with Crippen LogP contribution in [0.15, 0.2) is 23.8 Å². The fraction of sp³-hybridized carbons (Fsp3) is 0.733. The largest absolute Gasteiger partial charge is 0.306 e. The zero-order valence-electron chi connectivity index (χ0n) is 11.4. The summed E-state index contributed by atoms with van der Waals surface area (Å²) in [6, 6.07) is 0. The summed E-state index contributed by atoms with van der Waals surface area (Å²) in [5, 5.41) is 0. The van der Waals surface area contributed by atoms with E-state index in [1.54, 1.807) is 5.57 Å². The van der Waals surface area contributed by atoms with Gasteiger partial charge in [-0.2, -0.15) is 0 Å². The molecule has 1 heteroatoms. The van der Waals surface area contributed by atoms with Gasteiger partial charge in [0, 0.05) is 0 Å². The van der Waals surface area contributed by atoms with E-state index in [1.807, 2.05) is 13.8 Å². The van der Waals surface area contributed by atoms with Crippen LogP contribution in [-0.4, -0.2) is 25.0 Å². The minimum absolute atomic E-state index is 0.755. The van der Waals surface area contributed by atoms with Crippen molar-refractivity contribution in [3.63, 3.8) is 0 Å². The van der Waals surface area contributed by atoms with Gasteiger partial charge in [0.2, 0.25) is 0 Å². The third-order valence-corrected chi connectivity index (χ3v) is 3.53. The molecule has 0 aromatic heterocycles. The van der Waals surface area contributed by atoms with Gasteiger partial charge in [-0.05, 0) is 56.8 Å². The predicted molar refractivity (Wildman–Crippen MR) is 72.6 cm³/mol. The van der Waals surface area contributed by atoms with Crippen molar-refractivity contribution >= 4 is 0 Å². The summed E-state index contributed by atoms with van der Waals surface area (Å²) in [6.07, 6.45) is 11.1. The van der Waals surface area contributed by atoms with E-state index in [0.29, 0.717) is 0 Å². The molecular weight excluding hydrogens is 194 g/mol. The van der Waals surface area contributed by atoms with Gasteiger partial charge in [-0.1, -0.05) is 39.0 Å². The molecule has 92 valence electrons. The van der Waals surface area contributed by atoms with Crippen LogP contribution in [0, 0.1) is 11.8 Å². The molecule has 1 saturated heterocycles. The zero-order valence-corrected chi connectivity index (χ0v) is 11.4. The second kappa shape index (κ2) is 6.90. The number of nitrogens with zero attached hydrogens (tertiary/aromatic N) is 1. The molecule has 2 aliphatic rings. The minimum Gasteiger partial charge on any atom is -0.306 e. The van der Waals surface area contributed by atoms with Crippen LogP contribution in [0.2, 0.25) is 0 Å². The van der Waals surface area contributed by atoms with Gasteiger partial charge in [0.15, 0.2) is 0 Å². The Balaban J connectivity index is 0.000000606. The summed E-state index contributed by atoms with van der Waals surface area (Å²) >= 11 is 0. The lowest BCUT2D eigenvalue weighted by molar-refractivity contribution is 0.239. The molecule has 1 aliphatic carbocycles. The number of likely N-dealkylation sites (tertiary alicyclic amines) is 1. The molecule has 1 unspecified atom stereocenters. The lowest BCUT2D eigenvalue weighted by Crippen LogP contribution is -2.30. The smallest absolute Gasteiger partial charge is 0.00159 e. The molecule has 0 aromatic rings. The molecule has 0 aromatic carbocycles. The second-order valence-electron chi connectivity index (χ2n) is 4.85. The van der Waals surface area contributed by atoms with Gasteiger partial charge in [-0.3, -0.25) is 0 Å². The summed E-state index contributed by atoms with van der Waals surface area (Å²) in [7, 11) is 2.23. The van der Waals surface area contributed by atoms with E-state index in [0.717, 1.165) is 11.8 Å². The zero-order chi connectivity index (χ0) is 12.0. The van der Waals surface area contributed by atoms with E-state index in [4.69, 9.17) is 0 Å². The molecule has 2 rings (SSSR count). The Morgan fingerprint density at radius 1 is 1.19 bits per heavy atom. The van der Waals surface area contributed by atoms with Crippen LogP contribution >= 0.6 is 0 Å². The minimum atomic E-state index is 0.755. The van der Waals surface area contributed by atoms with Gasteiger partial charge in [0.25, 0.3) is 0 Å². The first-order chi connectivity index (χ1) is 7.75. The molecule has 0 amide bonds. The Hall–Kier alpha value is -0.560. The van der Waals surface area contributed by atoms with E-state index < -0.39 is 0 Å². The normalized spacial score (nSPS) is 27.0. The number of allylic oxidation sites excluding steroid dienone is 4. The third-order valence-electron chi connectivity index (χ3n) is 3.53. The van der Waals surface area contributed by atoms with E-state index in [2.05, 4.69) is 37.1 Å².